The lowest BCUT2D eigenvalue weighted by molar-refractivity contribution is -0.123. The molecule has 0 spiro atoms. The zero-order chi connectivity index (χ0) is 15.1. The zero-order valence-corrected chi connectivity index (χ0v) is 11.9. The van der Waals surface area contributed by atoms with E-state index < -0.39 is 5.97 Å². The minimum Gasteiger partial charge on any atom is -0.483 e. The smallest absolute Gasteiger partial charge is 0.341 e. The van der Waals surface area contributed by atoms with Crippen molar-refractivity contribution in [1.82, 2.24) is 5.32 Å². The summed E-state index contributed by atoms with van der Waals surface area (Å²) in [7, 11) is 0. The van der Waals surface area contributed by atoms with E-state index in [0.29, 0.717) is 5.69 Å². The fraction of sp³-hybridized carbons (Fsp3) is 0.429. The molecule has 20 heavy (non-hydrogen) atoms. The summed E-state index contributed by atoms with van der Waals surface area (Å²) >= 11 is 0. The molecule has 0 fully saturated rings. The summed E-state index contributed by atoms with van der Waals surface area (Å²) in [6.45, 7) is 5.49. The van der Waals surface area contributed by atoms with Crippen LogP contribution in [0.25, 0.3) is 0 Å². The van der Waals surface area contributed by atoms with E-state index in [1.54, 1.807) is 13.0 Å². The predicted octanol–water partition coefficient (Wildman–Crippen LogP) is 1.35. The maximum atomic E-state index is 11.8. The Hall–Kier alpha value is -2.24. The van der Waals surface area contributed by atoms with Crippen molar-refractivity contribution in [3.8, 4) is 5.75 Å². The summed E-state index contributed by atoms with van der Waals surface area (Å²) in [5.74, 6) is -0.536. The van der Waals surface area contributed by atoms with Crippen LogP contribution in [-0.2, 0) is 9.53 Å². The van der Waals surface area contributed by atoms with Gasteiger partial charge in [-0.2, -0.15) is 0 Å². The molecule has 6 heteroatoms. The Morgan fingerprint density at radius 1 is 1.35 bits per heavy atom. The highest BCUT2D eigenvalue weighted by molar-refractivity contribution is 5.93. The van der Waals surface area contributed by atoms with E-state index in [1.807, 2.05) is 13.8 Å². The van der Waals surface area contributed by atoms with Crippen LogP contribution in [-0.4, -0.2) is 31.1 Å². The minimum atomic E-state index is -0.508. The molecule has 0 aliphatic carbocycles. The van der Waals surface area contributed by atoms with Gasteiger partial charge in [0.05, 0.1) is 6.61 Å². The minimum absolute atomic E-state index is 0.0245. The lowest BCUT2D eigenvalue weighted by Crippen LogP contribution is -2.34. The van der Waals surface area contributed by atoms with E-state index in [2.05, 4.69) is 5.32 Å². The molecule has 0 heterocycles. The summed E-state index contributed by atoms with van der Waals surface area (Å²) in [5, 5.41) is 2.69. The van der Waals surface area contributed by atoms with Gasteiger partial charge in [-0.1, -0.05) is 0 Å². The first kappa shape index (κ1) is 15.8. The third-order valence-electron chi connectivity index (χ3n) is 2.31. The second-order valence-electron chi connectivity index (χ2n) is 4.49. The van der Waals surface area contributed by atoms with Crippen LogP contribution in [0, 0.1) is 0 Å². The van der Waals surface area contributed by atoms with Gasteiger partial charge in [-0.05, 0) is 32.9 Å². The number of hydrogen-bond acceptors (Lipinski definition) is 5. The van der Waals surface area contributed by atoms with E-state index in [-0.39, 0.29) is 36.5 Å². The van der Waals surface area contributed by atoms with Crippen molar-refractivity contribution in [2.24, 2.45) is 0 Å². The second kappa shape index (κ2) is 7.37. The third kappa shape index (κ3) is 4.79. The zero-order valence-electron chi connectivity index (χ0n) is 11.9. The van der Waals surface area contributed by atoms with Gasteiger partial charge in [0.15, 0.2) is 6.61 Å². The number of nitrogen functional groups attached to an aromatic ring is 1. The van der Waals surface area contributed by atoms with Gasteiger partial charge in [-0.25, -0.2) is 4.79 Å². The number of nitrogens with one attached hydrogen (secondary N) is 1. The van der Waals surface area contributed by atoms with Gasteiger partial charge in [0, 0.05) is 17.8 Å². The third-order valence-corrected chi connectivity index (χ3v) is 2.31. The number of carbonyl (C=O) groups excluding carboxylic acids is 2. The Labute approximate surface area is 118 Å². The monoisotopic (exact) mass is 280 g/mol. The largest absolute Gasteiger partial charge is 0.483 e. The average Bonchev–Trinajstić information content (AvgIpc) is 2.36. The fourth-order valence-corrected chi connectivity index (χ4v) is 1.54. The lowest BCUT2D eigenvalue weighted by atomic mass is 10.2. The summed E-state index contributed by atoms with van der Waals surface area (Å²) in [4.78, 5) is 23.3. The molecule has 0 aromatic heterocycles. The van der Waals surface area contributed by atoms with Crippen LogP contribution in [0.3, 0.4) is 0 Å². The predicted molar refractivity (Wildman–Crippen MR) is 75.6 cm³/mol. The Balaban J connectivity index is 2.79. The van der Waals surface area contributed by atoms with Gasteiger partial charge >= 0.3 is 5.97 Å². The molecule has 0 unspecified atom stereocenters. The molecule has 0 atom stereocenters. The van der Waals surface area contributed by atoms with Crippen LogP contribution in [0.5, 0.6) is 5.75 Å². The number of hydrogen-bond donors (Lipinski definition) is 2. The first-order chi connectivity index (χ1) is 9.43. The molecule has 1 amide bonds. The van der Waals surface area contributed by atoms with Crippen LogP contribution in [0.1, 0.15) is 31.1 Å². The summed E-state index contributed by atoms with van der Waals surface area (Å²) in [6, 6.07) is 4.61. The number of rotatable bonds is 6. The normalized spacial score (nSPS) is 10.2. The van der Waals surface area contributed by atoms with Crippen molar-refractivity contribution in [2.45, 2.75) is 26.8 Å². The fourth-order valence-electron chi connectivity index (χ4n) is 1.54. The van der Waals surface area contributed by atoms with Gasteiger partial charge in [-0.3, -0.25) is 4.79 Å². The van der Waals surface area contributed by atoms with Crippen LogP contribution >= 0.6 is 0 Å². The van der Waals surface area contributed by atoms with Gasteiger partial charge < -0.3 is 20.5 Å². The summed E-state index contributed by atoms with van der Waals surface area (Å²) in [6.07, 6.45) is 0. The number of amides is 1. The van der Waals surface area contributed by atoms with Crippen molar-refractivity contribution in [1.29, 1.82) is 0 Å². The Morgan fingerprint density at radius 2 is 2.05 bits per heavy atom. The number of ether oxygens (including phenoxy) is 2. The average molecular weight is 280 g/mol. The molecule has 3 N–H and O–H groups in total. The topological polar surface area (TPSA) is 90.7 Å². The van der Waals surface area contributed by atoms with E-state index in [0.717, 1.165) is 0 Å². The molecule has 1 aromatic carbocycles. The molecule has 110 valence electrons. The number of esters is 1. The van der Waals surface area contributed by atoms with Crippen LogP contribution < -0.4 is 15.8 Å². The Morgan fingerprint density at radius 3 is 2.65 bits per heavy atom. The van der Waals surface area contributed by atoms with E-state index in [9.17, 15) is 9.59 Å². The molecule has 0 saturated carbocycles. The van der Waals surface area contributed by atoms with Gasteiger partial charge in [0.2, 0.25) is 0 Å². The van der Waals surface area contributed by atoms with E-state index in [4.69, 9.17) is 15.2 Å². The summed E-state index contributed by atoms with van der Waals surface area (Å²) in [5.41, 5.74) is 6.35. The first-order valence-corrected chi connectivity index (χ1v) is 6.42. The van der Waals surface area contributed by atoms with E-state index in [1.165, 1.54) is 12.1 Å². The quantitative estimate of drug-likeness (QED) is 0.606. The summed E-state index contributed by atoms with van der Waals surface area (Å²) < 4.78 is 10.3. The van der Waals surface area contributed by atoms with Crippen molar-refractivity contribution >= 4 is 17.6 Å². The van der Waals surface area contributed by atoms with E-state index >= 15 is 0 Å². The first-order valence-electron chi connectivity index (χ1n) is 6.42. The molecule has 0 aliphatic rings. The number of nitrogens with two attached hydrogens (primary N) is 1. The standard InChI is InChI=1S/C14H20N2O4/c1-4-19-14(18)11-6-5-10(15)7-12(11)20-8-13(17)16-9(2)3/h5-7,9H,4,8,15H2,1-3H3,(H,16,17). The molecule has 0 bridgehead atoms. The molecule has 1 rings (SSSR count). The number of benzene rings is 1. The van der Waals surface area contributed by atoms with Crippen molar-refractivity contribution in [3.05, 3.63) is 23.8 Å². The van der Waals surface area contributed by atoms with Crippen LogP contribution in [0.15, 0.2) is 18.2 Å². The maximum absolute atomic E-state index is 11.8. The number of anilines is 1. The van der Waals surface area contributed by atoms with Crippen molar-refractivity contribution in [3.63, 3.8) is 0 Å². The maximum Gasteiger partial charge on any atom is 0.341 e. The molecule has 0 aliphatic heterocycles. The molecular weight excluding hydrogens is 260 g/mol. The second-order valence-corrected chi connectivity index (χ2v) is 4.49. The van der Waals surface area contributed by atoms with Gasteiger partial charge in [0.1, 0.15) is 11.3 Å². The Bertz CT molecular complexity index is 486. The number of carbonyl (C=O) groups is 2. The highest BCUT2D eigenvalue weighted by atomic mass is 16.5. The van der Waals surface area contributed by atoms with Crippen molar-refractivity contribution in [2.75, 3.05) is 18.9 Å². The highest BCUT2D eigenvalue weighted by Crippen LogP contribution is 2.22. The highest BCUT2D eigenvalue weighted by Gasteiger charge is 2.15. The molecule has 1 aromatic rings. The molecule has 6 nitrogen and oxygen atoms in total. The van der Waals surface area contributed by atoms with Gasteiger partial charge in [-0.15, -0.1) is 0 Å². The van der Waals surface area contributed by atoms with Gasteiger partial charge in [0.25, 0.3) is 5.91 Å². The molecule has 0 radical (unpaired) electrons. The van der Waals surface area contributed by atoms with Crippen LogP contribution in [0.2, 0.25) is 0 Å². The molecular formula is C14H20N2O4. The lowest BCUT2D eigenvalue weighted by Gasteiger charge is -2.12. The Kier molecular flexibility index (Phi) is 5.83. The van der Waals surface area contributed by atoms with Crippen LogP contribution in [0.4, 0.5) is 5.69 Å². The molecule has 0 saturated heterocycles. The van der Waals surface area contributed by atoms with Crippen molar-refractivity contribution < 1.29 is 19.1 Å². The SMILES string of the molecule is CCOC(=O)c1ccc(N)cc1OCC(=O)NC(C)C.